The number of rotatable bonds is 6. The van der Waals surface area contributed by atoms with Crippen molar-refractivity contribution in [3.8, 4) is 5.75 Å². The number of hydrogen-bond donors (Lipinski definition) is 3. The fraction of sp³-hybridized carbons (Fsp3) is 0.455. The first-order valence-electron chi connectivity index (χ1n) is 10.7. The molecule has 0 radical (unpaired) electrons. The van der Waals surface area contributed by atoms with Crippen LogP contribution in [0.5, 0.6) is 5.75 Å². The monoisotopic (exact) mass is 440 g/mol. The minimum Gasteiger partial charge on any atom is -0.506 e. The predicted molar refractivity (Wildman–Crippen MR) is 116 cm³/mol. The Hall–Kier alpha value is -3.24. The lowest BCUT2D eigenvalue weighted by atomic mass is 10.2. The van der Waals surface area contributed by atoms with Crippen LogP contribution in [0.15, 0.2) is 30.6 Å². The Morgan fingerprint density at radius 2 is 2.22 bits per heavy atom. The van der Waals surface area contributed by atoms with Crippen molar-refractivity contribution < 1.29 is 19.4 Å². The smallest absolute Gasteiger partial charge is 0.275 e. The van der Waals surface area contributed by atoms with Crippen molar-refractivity contribution >= 4 is 11.7 Å². The first kappa shape index (κ1) is 22.0. The average molecular weight is 441 g/mol. The number of pyridine rings is 1. The van der Waals surface area contributed by atoms with Crippen molar-refractivity contribution in [3.05, 3.63) is 53.2 Å². The largest absolute Gasteiger partial charge is 0.506 e. The molecule has 4 heterocycles. The summed E-state index contributed by atoms with van der Waals surface area (Å²) in [6.07, 6.45) is 7.74. The molecule has 2 aliphatic rings. The fourth-order valence-electron chi connectivity index (χ4n) is 3.66. The third-order valence-corrected chi connectivity index (χ3v) is 5.42. The number of H-pyrrole nitrogens is 1. The van der Waals surface area contributed by atoms with Crippen LogP contribution in [0.25, 0.3) is 0 Å². The van der Waals surface area contributed by atoms with Gasteiger partial charge in [0.2, 0.25) is 0 Å². The maximum absolute atomic E-state index is 12.3. The van der Waals surface area contributed by atoms with Crippen LogP contribution in [0.3, 0.4) is 0 Å². The van der Waals surface area contributed by atoms with Gasteiger partial charge in [-0.15, -0.1) is 0 Å². The highest BCUT2D eigenvalue weighted by Gasteiger charge is 2.25. The van der Waals surface area contributed by atoms with Crippen LogP contribution < -0.4 is 5.32 Å². The van der Waals surface area contributed by atoms with Crippen LogP contribution in [0.4, 0.5) is 5.82 Å². The first-order valence-corrected chi connectivity index (χ1v) is 10.7. The van der Waals surface area contributed by atoms with Crippen molar-refractivity contribution in [3.63, 3.8) is 0 Å². The summed E-state index contributed by atoms with van der Waals surface area (Å²) in [4.78, 5) is 16.1. The fourth-order valence-corrected chi connectivity index (χ4v) is 3.66. The van der Waals surface area contributed by atoms with Gasteiger partial charge in [-0.05, 0) is 43.7 Å². The predicted octanol–water partition coefficient (Wildman–Crippen LogP) is 3.06. The van der Waals surface area contributed by atoms with E-state index in [1.54, 1.807) is 32.5 Å². The summed E-state index contributed by atoms with van der Waals surface area (Å²) in [5.41, 5.74) is 3.11. The van der Waals surface area contributed by atoms with Crippen LogP contribution in [0.2, 0.25) is 0 Å². The number of aromatic amines is 1. The number of carbonyl (C=O) groups is 1. The van der Waals surface area contributed by atoms with E-state index in [2.05, 4.69) is 25.6 Å². The molecule has 0 aromatic carbocycles. The second-order valence-electron chi connectivity index (χ2n) is 7.95. The molecule has 0 spiro atoms. The standard InChI is InChI=1S/C14H19N5O3.C8H9NO/c1-19-11(6-9(18-19)8-21-2)14(20)15-13-7-10(16-17-13)12-4-3-5-22-12;10-8-5-9-4-3-7(8)6-1-2-6/h6-7,12H,3-5,8H2,1-2H3,(H2,15,16,17,20);3-6,10H,1-2H2. The molecule has 3 aromatic heterocycles. The molecule has 1 aliphatic heterocycles. The van der Waals surface area contributed by atoms with Gasteiger partial charge in [-0.3, -0.25) is 19.6 Å². The maximum atomic E-state index is 12.3. The van der Waals surface area contributed by atoms with E-state index in [9.17, 15) is 9.90 Å². The molecule has 10 heteroatoms. The Labute approximate surface area is 186 Å². The molecule has 10 nitrogen and oxygen atoms in total. The van der Waals surface area contributed by atoms with Gasteiger partial charge < -0.3 is 19.9 Å². The number of anilines is 1. The Balaban J connectivity index is 0.000000203. The van der Waals surface area contributed by atoms with Crippen molar-refractivity contribution in [2.75, 3.05) is 19.0 Å². The molecular weight excluding hydrogens is 412 g/mol. The number of amides is 1. The summed E-state index contributed by atoms with van der Waals surface area (Å²) < 4.78 is 12.1. The number of aryl methyl sites for hydroxylation is 1. The number of aromatic nitrogens is 5. The van der Waals surface area contributed by atoms with E-state index >= 15 is 0 Å². The van der Waals surface area contributed by atoms with E-state index in [4.69, 9.17) is 9.47 Å². The Bertz CT molecular complexity index is 1050. The molecule has 1 aliphatic carbocycles. The minimum atomic E-state index is -0.261. The van der Waals surface area contributed by atoms with E-state index < -0.39 is 0 Å². The molecule has 5 rings (SSSR count). The topological polar surface area (TPSA) is 127 Å². The summed E-state index contributed by atoms with van der Waals surface area (Å²) in [5.74, 6) is 1.18. The van der Waals surface area contributed by atoms with Gasteiger partial charge in [0.25, 0.3) is 5.91 Å². The Kier molecular flexibility index (Phi) is 6.81. The van der Waals surface area contributed by atoms with Crippen LogP contribution >= 0.6 is 0 Å². The summed E-state index contributed by atoms with van der Waals surface area (Å²) >= 11 is 0. The SMILES string of the molecule is COCc1cc(C(=O)Nc2cc(C3CCCO3)[nH]n2)n(C)n1.Oc1cnccc1C1CC1. The van der Waals surface area contributed by atoms with Gasteiger partial charge >= 0.3 is 0 Å². The summed E-state index contributed by atoms with van der Waals surface area (Å²) in [6, 6.07) is 5.40. The first-order chi connectivity index (χ1) is 15.5. The van der Waals surface area contributed by atoms with E-state index in [-0.39, 0.29) is 12.0 Å². The molecule has 0 bridgehead atoms. The van der Waals surface area contributed by atoms with Crippen LogP contribution in [-0.2, 0) is 23.1 Å². The molecule has 1 unspecified atom stereocenters. The van der Waals surface area contributed by atoms with Crippen LogP contribution in [0.1, 0.15) is 65.1 Å². The third-order valence-electron chi connectivity index (χ3n) is 5.42. The second kappa shape index (κ2) is 9.92. The third kappa shape index (κ3) is 5.32. The Morgan fingerprint density at radius 1 is 1.38 bits per heavy atom. The molecular formula is C22H28N6O4. The van der Waals surface area contributed by atoms with Crippen molar-refractivity contribution in [1.82, 2.24) is 25.0 Å². The van der Waals surface area contributed by atoms with Crippen LogP contribution in [-0.4, -0.2) is 49.7 Å². The number of methoxy groups -OCH3 is 1. The van der Waals surface area contributed by atoms with Gasteiger partial charge in [0.05, 0.1) is 30.3 Å². The minimum absolute atomic E-state index is 0.0446. The lowest BCUT2D eigenvalue weighted by Crippen LogP contribution is -2.16. The van der Waals surface area contributed by atoms with Crippen molar-refractivity contribution in [2.45, 2.75) is 44.3 Å². The van der Waals surface area contributed by atoms with E-state index in [0.717, 1.165) is 30.7 Å². The zero-order chi connectivity index (χ0) is 22.5. The quantitative estimate of drug-likeness (QED) is 0.537. The van der Waals surface area contributed by atoms with E-state index in [0.29, 0.717) is 35.5 Å². The summed E-state index contributed by atoms with van der Waals surface area (Å²) in [7, 11) is 3.31. The zero-order valence-electron chi connectivity index (χ0n) is 18.2. The van der Waals surface area contributed by atoms with Gasteiger partial charge in [-0.1, -0.05) is 0 Å². The van der Waals surface area contributed by atoms with Gasteiger partial charge in [-0.2, -0.15) is 10.2 Å². The number of hydrogen-bond acceptors (Lipinski definition) is 7. The summed E-state index contributed by atoms with van der Waals surface area (Å²) in [6.45, 7) is 1.13. The average Bonchev–Trinajstić information content (AvgIpc) is 3.15. The number of nitrogens with zero attached hydrogens (tertiary/aromatic N) is 4. The highest BCUT2D eigenvalue weighted by molar-refractivity contribution is 6.02. The Morgan fingerprint density at radius 3 is 2.91 bits per heavy atom. The van der Waals surface area contributed by atoms with Crippen molar-refractivity contribution in [2.24, 2.45) is 7.05 Å². The van der Waals surface area contributed by atoms with E-state index in [1.165, 1.54) is 23.7 Å². The molecule has 170 valence electrons. The number of carbonyl (C=O) groups excluding carboxylic acids is 1. The molecule has 1 atom stereocenters. The van der Waals surface area contributed by atoms with E-state index in [1.807, 2.05) is 6.07 Å². The normalized spacial score (nSPS) is 17.6. The highest BCUT2D eigenvalue weighted by Crippen LogP contribution is 2.43. The molecule has 2 fully saturated rings. The molecule has 3 aromatic rings. The maximum Gasteiger partial charge on any atom is 0.275 e. The zero-order valence-corrected chi connectivity index (χ0v) is 18.2. The summed E-state index contributed by atoms with van der Waals surface area (Å²) in [5, 5.41) is 23.3. The van der Waals surface area contributed by atoms with Crippen molar-refractivity contribution in [1.29, 1.82) is 0 Å². The molecule has 1 saturated carbocycles. The highest BCUT2D eigenvalue weighted by atomic mass is 16.5. The number of aromatic hydroxyl groups is 1. The molecule has 1 amide bonds. The van der Waals surface area contributed by atoms with Gasteiger partial charge in [0.1, 0.15) is 11.4 Å². The number of nitrogens with one attached hydrogen (secondary N) is 2. The molecule has 32 heavy (non-hydrogen) atoms. The van der Waals surface area contributed by atoms with Gasteiger partial charge in [0.15, 0.2) is 5.82 Å². The van der Waals surface area contributed by atoms with Gasteiger partial charge in [-0.25, -0.2) is 0 Å². The molecule has 3 N–H and O–H groups in total. The second-order valence-corrected chi connectivity index (χ2v) is 7.95. The lowest BCUT2D eigenvalue weighted by Gasteiger charge is -2.04. The number of ether oxygens (including phenoxy) is 2. The lowest BCUT2D eigenvalue weighted by molar-refractivity contribution is 0.101. The van der Waals surface area contributed by atoms with Gasteiger partial charge in [0, 0.05) is 38.6 Å². The van der Waals surface area contributed by atoms with Crippen LogP contribution in [0, 0.1) is 0 Å². The molecule has 1 saturated heterocycles.